The van der Waals surface area contributed by atoms with Crippen LogP contribution in [0.1, 0.15) is 103 Å². The minimum Gasteiger partial charge on any atom is -0.360 e. The molecule has 0 spiro atoms. The van der Waals surface area contributed by atoms with Gasteiger partial charge in [-0.3, -0.25) is 0 Å². The third-order valence-electron chi connectivity index (χ3n) is 4.82. The highest BCUT2D eigenvalue weighted by atomic mass is 28.2. The second kappa shape index (κ2) is 20.2. The Bertz CT molecular complexity index is 208. The summed E-state index contributed by atoms with van der Waals surface area (Å²) in [5.41, 5.74) is 0. The molecule has 0 radical (unpaired) electrons. The van der Waals surface area contributed by atoms with Gasteiger partial charge in [-0.15, -0.1) is 0 Å². The number of hydrogen-bond acceptors (Lipinski definition) is 2. The van der Waals surface area contributed by atoms with Crippen molar-refractivity contribution in [3.63, 3.8) is 0 Å². The number of rotatable bonds is 19. The Hall–Kier alpha value is 0.137. The molecule has 0 aliphatic heterocycles. The fourth-order valence-electron chi connectivity index (χ4n) is 3.19. The van der Waals surface area contributed by atoms with Crippen LogP contribution in [-0.2, 0) is 9.47 Å². The van der Waals surface area contributed by atoms with Gasteiger partial charge in [0, 0.05) is 14.2 Å². The van der Waals surface area contributed by atoms with Crippen molar-refractivity contribution in [3.8, 4) is 0 Å². The van der Waals surface area contributed by atoms with Gasteiger partial charge >= 0.3 is 0 Å². The van der Waals surface area contributed by atoms with Crippen LogP contribution >= 0.6 is 0 Å². The van der Waals surface area contributed by atoms with Crippen LogP contribution in [0.2, 0.25) is 6.04 Å². The summed E-state index contributed by atoms with van der Waals surface area (Å²) in [4.78, 5) is 0. The van der Waals surface area contributed by atoms with E-state index in [2.05, 4.69) is 6.92 Å². The van der Waals surface area contributed by atoms with Crippen LogP contribution in [0.25, 0.3) is 0 Å². The Morgan fingerprint density at radius 2 is 0.913 bits per heavy atom. The smallest absolute Gasteiger partial charge is 0.134 e. The summed E-state index contributed by atoms with van der Waals surface area (Å²) in [6.07, 6.45) is 21.6. The maximum Gasteiger partial charge on any atom is 0.134 e. The second-order valence-electron chi connectivity index (χ2n) is 6.99. The molecular weight excluding hydrogens is 300 g/mol. The molecule has 0 fully saturated rings. The Labute approximate surface area is 148 Å². The van der Waals surface area contributed by atoms with E-state index in [9.17, 15) is 0 Å². The fraction of sp³-hybridized carbons (Fsp3) is 1.00. The summed E-state index contributed by atoms with van der Waals surface area (Å²) in [5.74, 6) is 0.140. The van der Waals surface area contributed by atoms with Crippen LogP contribution in [0.15, 0.2) is 0 Å². The van der Waals surface area contributed by atoms with Crippen molar-refractivity contribution in [1.29, 1.82) is 0 Å². The molecule has 0 rings (SSSR count). The Kier molecular flexibility index (Phi) is 20.3. The van der Waals surface area contributed by atoms with Crippen molar-refractivity contribution in [2.24, 2.45) is 0 Å². The van der Waals surface area contributed by atoms with Gasteiger partial charge in [-0.1, -0.05) is 109 Å². The normalized spacial score (nSPS) is 12.0. The second-order valence-corrected chi connectivity index (χ2v) is 8.94. The molecule has 23 heavy (non-hydrogen) atoms. The van der Waals surface area contributed by atoms with Gasteiger partial charge in [0.25, 0.3) is 0 Å². The molecule has 0 aromatic rings. The third-order valence-corrected chi connectivity index (χ3v) is 6.87. The highest BCUT2D eigenvalue weighted by molar-refractivity contribution is 6.36. The van der Waals surface area contributed by atoms with E-state index >= 15 is 0 Å². The van der Waals surface area contributed by atoms with E-state index in [1.165, 1.54) is 102 Å². The molecule has 0 atom stereocenters. The van der Waals surface area contributed by atoms with E-state index in [1.54, 1.807) is 14.2 Å². The quantitative estimate of drug-likeness (QED) is 0.162. The van der Waals surface area contributed by atoms with Crippen LogP contribution in [0.3, 0.4) is 0 Å². The standard InChI is InChI=1S/C20H44O2Si/c1-4-5-6-7-8-9-10-11-12-13-14-15-16-17-18-19-23-20(21-2)22-3/h20H,4-19,23H2,1-3H3. The predicted molar refractivity (Wildman–Crippen MR) is 106 cm³/mol. The van der Waals surface area contributed by atoms with Gasteiger partial charge in [-0.2, -0.15) is 0 Å². The first-order valence-electron chi connectivity index (χ1n) is 10.4. The zero-order valence-corrected chi connectivity index (χ0v) is 17.8. The first-order valence-corrected chi connectivity index (χ1v) is 12.2. The van der Waals surface area contributed by atoms with Crippen molar-refractivity contribution in [2.45, 2.75) is 115 Å². The monoisotopic (exact) mass is 344 g/mol. The third kappa shape index (κ3) is 18.3. The molecule has 0 bridgehead atoms. The number of hydrogen-bond donors (Lipinski definition) is 0. The fourth-order valence-corrected chi connectivity index (χ4v) is 4.64. The highest BCUT2D eigenvalue weighted by Gasteiger charge is 2.04. The van der Waals surface area contributed by atoms with Crippen LogP contribution in [-0.4, -0.2) is 29.7 Å². The van der Waals surface area contributed by atoms with E-state index < -0.39 is 0 Å². The number of ether oxygens (including phenoxy) is 2. The van der Waals surface area contributed by atoms with Crippen molar-refractivity contribution in [3.05, 3.63) is 0 Å². The minimum absolute atomic E-state index is 0.140. The molecule has 0 aliphatic carbocycles. The van der Waals surface area contributed by atoms with E-state index in [0.717, 1.165) is 0 Å². The summed E-state index contributed by atoms with van der Waals surface area (Å²) in [7, 11) is 3.33. The summed E-state index contributed by atoms with van der Waals surface area (Å²) in [5, 5.41) is 0. The lowest BCUT2D eigenvalue weighted by atomic mass is 10.0. The van der Waals surface area contributed by atoms with E-state index in [1.807, 2.05) is 0 Å². The summed E-state index contributed by atoms with van der Waals surface area (Å²) in [6.45, 7) is 2.29. The molecule has 0 aromatic carbocycles. The van der Waals surface area contributed by atoms with Gasteiger partial charge in [0.15, 0.2) is 0 Å². The maximum atomic E-state index is 5.26. The van der Waals surface area contributed by atoms with Crippen molar-refractivity contribution in [2.75, 3.05) is 14.2 Å². The maximum absolute atomic E-state index is 5.26. The van der Waals surface area contributed by atoms with Gasteiger partial charge < -0.3 is 9.47 Å². The molecule has 0 heterocycles. The van der Waals surface area contributed by atoms with Crippen molar-refractivity contribution >= 4 is 9.52 Å². The van der Waals surface area contributed by atoms with Crippen molar-refractivity contribution < 1.29 is 9.47 Å². The summed E-state index contributed by atoms with van der Waals surface area (Å²) < 4.78 is 10.5. The first-order chi connectivity index (χ1) is 11.3. The zero-order valence-electron chi connectivity index (χ0n) is 16.4. The van der Waals surface area contributed by atoms with Crippen LogP contribution in [0.5, 0.6) is 0 Å². The first kappa shape index (κ1) is 23.1. The van der Waals surface area contributed by atoms with Crippen LogP contribution < -0.4 is 0 Å². The number of methoxy groups -OCH3 is 2. The molecule has 2 nitrogen and oxygen atoms in total. The largest absolute Gasteiger partial charge is 0.360 e. The molecule has 0 unspecified atom stereocenters. The molecule has 3 heteroatoms. The molecule has 0 amide bonds. The lowest BCUT2D eigenvalue weighted by Crippen LogP contribution is -2.20. The molecule has 0 saturated carbocycles. The zero-order chi connectivity index (χ0) is 17.0. The topological polar surface area (TPSA) is 18.5 Å². The van der Waals surface area contributed by atoms with Gasteiger partial charge in [0.2, 0.25) is 0 Å². The summed E-state index contributed by atoms with van der Waals surface area (Å²) >= 11 is 0. The van der Waals surface area contributed by atoms with Crippen molar-refractivity contribution in [1.82, 2.24) is 0 Å². The average molecular weight is 345 g/mol. The van der Waals surface area contributed by atoms with Gasteiger partial charge in [0.05, 0.1) is 9.52 Å². The Balaban J connectivity index is 3.02. The SMILES string of the molecule is CCCCCCCCCCCCCCCCC[SiH2]C(OC)OC. The van der Waals surface area contributed by atoms with Crippen LogP contribution in [0.4, 0.5) is 0 Å². The minimum atomic E-state index is -0.182. The van der Waals surface area contributed by atoms with Crippen LogP contribution in [0, 0.1) is 0 Å². The van der Waals surface area contributed by atoms with E-state index in [-0.39, 0.29) is 15.4 Å². The molecule has 0 N–H and O–H groups in total. The van der Waals surface area contributed by atoms with E-state index in [4.69, 9.17) is 9.47 Å². The lowest BCUT2D eigenvalue weighted by Gasteiger charge is -2.12. The number of unbranched alkanes of at least 4 members (excludes halogenated alkanes) is 14. The molecule has 0 aliphatic rings. The van der Waals surface area contributed by atoms with E-state index in [0.29, 0.717) is 0 Å². The summed E-state index contributed by atoms with van der Waals surface area (Å²) in [6, 6.07) is 1.37. The van der Waals surface area contributed by atoms with Gasteiger partial charge in [-0.05, 0) is 0 Å². The van der Waals surface area contributed by atoms with Gasteiger partial charge in [0.1, 0.15) is 5.91 Å². The lowest BCUT2D eigenvalue weighted by molar-refractivity contribution is -0.0441. The predicted octanol–water partition coefficient (Wildman–Crippen LogP) is 6.02. The molecule has 0 saturated heterocycles. The van der Waals surface area contributed by atoms with Gasteiger partial charge in [-0.25, -0.2) is 0 Å². The molecular formula is C20H44O2Si. The Morgan fingerprint density at radius 1 is 0.565 bits per heavy atom. The Morgan fingerprint density at radius 3 is 1.26 bits per heavy atom. The average Bonchev–Trinajstić information content (AvgIpc) is 2.58. The molecule has 140 valence electrons. The highest BCUT2D eigenvalue weighted by Crippen LogP contribution is 2.13. The molecule has 0 aromatic heterocycles.